The molecule has 1 aromatic rings. The summed E-state index contributed by atoms with van der Waals surface area (Å²) >= 11 is 0. The van der Waals surface area contributed by atoms with Crippen LogP contribution < -0.4 is 15.8 Å². The number of ether oxygens (including phenoxy) is 1. The van der Waals surface area contributed by atoms with E-state index in [1.165, 1.54) is 6.42 Å². The Morgan fingerprint density at radius 2 is 2.06 bits per heavy atom. The van der Waals surface area contributed by atoms with Crippen molar-refractivity contribution in [3.63, 3.8) is 0 Å². The van der Waals surface area contributed by atoms with Crippen molar-refractivity contribution in [1.82, 2.24) is 9.97 Å². The predicted molar refractivity (Wildman–Crippen MR) is 72.6 cm³/mol. The minimum Gasteiger partial charge on any atom is -0.474 e. The summed E-state index contributed by atoms with van der Waals surface area (Å²) in [6.07, 6.45) is 3.63. The summed E-state index contributed by atoms with van der Waals surface area (Å²) in [5, 5.41) is 2.95. The third kappa shape index (κ3) is 3.03. The van der Waals surface area contributed by atoms with Crippen molar-refractivity contribution in [3.8, 4) is 5.88 Å². The normalized spacial score (nSPS) is 27.8. The highest BCUT2D eigenvalue weighted by Gasteiger charge is 2.26. The molecule has 0 saturated heterocycles. The van der Waals surface area contributed by atoms with Gasteiger partial charge in [-0.25, -0.2) is 0 Å². The van der Waals surface area contributed by atoms with E-state index in [2.05, 4.69) is 29.1 Å². The molecule has 0 aromatic carbocycles. The van der Waals surface area contributed by atoms with Crippen LogP contribution in [0.15, 0.2) is 6.07 Å². The number of nitrogen functional groups attached to an aromatic ring is 1. The highest BCUT2D eigenvalue weighted by molar-refractivity contribution is 5.42. The number of rotatable bonds is 3. The fourth-order valence-electron chi connectivity index (χ4n) is 2.41. The van der Waals surface area contributed by atoms with Gasteiger partial charge in [-0.2, -0.15) is 9.97 Å². The van der Waals surface area contributed by atoms with Crippen molar-refractivity contribution in [3.05, 3.63) is 6.07 Å². The molecule has 5 heteroatoms. The van der Waals surface area contributed by atoms with Crippen LogP contribution in [0.1, 0.15) is 33.1 Å². The van der Waals surface area contributed by atoms with Crippen LogP contribution in [0.2, 0.25) is 0 Å². The molecule has 0 spiro atoms. The third-order valence-corrected chi connectivity index (χ3v) is 3.81. The summed E-state index contributed by atoms with van der Waals surface area (Å²) in [5.41, 5.74) is 5.65. The maximum Gasteiger partial charge on any atom is 0.225 e. The lowest BCUT2D eigenvalue weighted by Crippen LogP contribution is -2.29. The standard InChI is InChI=1S/C13H22N4O/c1-8-4-5-10(6-9(8)2)18-12-7-11(15-3)16-13(14)17-12/h7-10H,4-6H2,1-3H3,(H3,14,15,16,17). The first kappa shape index (κ1) is 12.9. The van der Waals surface area contributed by atoms with Crippen molar-refractivity contribution in [2.75, 3.05) is 18.1 Å². The molecule has 0 aliphatic heterocycles. The van der Waals surface area contributed by atoms with Crippen molar-refractivity contribution in [1.29, 1.82) is 0 Å². The van der Waals surface area contributed by atoms with Crippen molar-refractivity contribution < 1.29 is 4.74 Å². The molecule has 1 saturated carbocycles. The van der Waals surface area contributed by atoms with Crippen LogP contribution in [0.4, 0.5) is 11.8 Å². The summed E-state index contributed by atoms with van der Waals surface area (Å²) in [5.74, 6) is 2.99. The molecule has 18 heavy (non-hydrogen) atoms. The number of hydrogen-bond acceptors (Lipinski definition) is 5. The Labute approximate surface area is 108 Å². The zero-order chi connectivity index (χ0) is 13.1. The molecule has 1 aliphatic rings. The number of nitrogens with two attached hydrogens (primary N) is 1. The fraction of sp³-hybridized carbons (Fsp3) is 0.692. The van der Waals surface area contributed by atoms with Crippen molar-refractivity contribution >= 4 is 11.8 Å². The maximum absolute atomic E-state index is 5.93. The quantitative estimate of drug-likeness (QED) is 0.861. The van der Waals surface area contributed by atoms with Gasteiger partial charge < -0.3 is 15.8 Å². The highest BCUT2D eigenvalue weighted by Crippen LogP contribution is 2.31. The van der Waals surface area contributed by atoms with Gasteiger partial charge in [0.15, 0.2) is 0 Å². The van der Waals surface area contributed by atoms with Gasteiger partial charge in [0.05, 0.1) is 0 Å². The first-order chi connectivity index (χ1) is 8.58. The highest BCUT2D eigenvalue weighted by atomic mass is 16.5. The molecule has 5 nitrogen and oxygen atoms in total. The predicted octanol–water partition coefficient (Wildman–Crippen LogP) is 2.30. The van der Waals surface area contributed by atoms with Crippen molar-refractivity contribution in [2.24, 2.45) is 11.8 Å². The zero-order valence-corrected chi connectivity index (χ0v) is 11.3. The van der Waals surface area contributed by atoms with E-state index < -0.39 is 0 Å². The topological polar surface area (TPSA) is 73.1 Å². The molecule has 0 radical (unpaired) electrons. The first-order valence-corrected chi connectivity index (χ1v) is 6.57. The maximum atomic E-state index is 5.93. The van der Waals surface area contributed by atoms with Gasteiger partial charge in [0.1, 0.15) is 11.9 Å². The third-order valence-electron chi connectivity index (χ3n) is 3.81. The zero-order valence-electron chi connectivity index (χ0n) is 11.3. The molecule has 100 valence electrons. The van der Waals surface area contributed by atoms with Crippen LogP contribution in [-0.2, 0) is 0 Å². The molecule has 3 atom stereocenters. The van der Waals surface area contributed by atoms with Gasteiger partial charge in [0.25, 0.3) is 0 Å². The van der Waals surface area contributed by atoms with Crippen LogP contribution in [-0.4, -0.2) is 23.1 Å². The SMILES string of the molecule is CNc1cc(OC2CCC(C)C(C)C2)nc(N)n1. The van der Waals surface area contributed by atoms with Gasteiger partial charge in [0.2, 0.25) is 11.8 Å². The van der Waals surface area contributed by atoms with Crippen LogP contribution in [0, 0.1) is 11.8 Å². The second-order valence-electron chi connectivity index (χ2n) is 5.21. The number of anilines is 2. The van der Waals surface area contributed by atoms with E-state index in [-0.39, 0.29) is 12.1 Å². The minimum absolute atomic E-state index is 0.245. The Kier molecular flexibility index (Phi) is 3.89. The minimum atomic E-state index is 0.245. The summed E-state index contributed by atoms with van der Waals surface area (Å²) in [6.45, 7) is 4.59. The molecule has 1 fully saturated rings. The van der Waals surface area contributed by atoms with E-state index in [9.17, 15) is 0 Å². The van der Waals surface area contributed by atoms with Gasteiger partial charge >= 0.3 is 0 Å². The van der Waals surface area contributed by atoms with E-state index in [1.54, 1.807) is 13.1 Å². The molecule has 0 bridgehead atoms. The Hall–Kier alpha value is -1.52. The first-order valence-electron chi connectivity index (χ1n) is 6.57. The molecule has 1 aliphatic carbocycles. The summed E-state index contributed by atoms with van der Waals surface area (Å²) in [7, 11) is 1.80. The molecule has 3 unspecified atom stereocenters. The van der Waals surface area contributed by atoms with Gasteiger partial charge in [-0.3, -0.25) is 0 Å². The fourth-order valence-corrected chi connectivity index (χ4v) is 2.41. The smallest absolute Gasteiger partial charge is 0.225 e. The average Bonchev–Trinajstić information content (AvgIpc) is 2.33. The van der Waals surface area contributed by atoms with Crippen LogP contribution >= 0.6 is 0 Å². The largest absolute Gasteiger partial charge is 0.474 e. The summed E-state index contributed by atoms with van der Waals surface area (Å²) in [4.78, 5) is 8.17. The van der Waals surface area contributed by atoms with Gasteiger partial charge in [-0.05, 0) is 31.1 Å². The van der Waals surface area contributed by atoms with E-state index in [1.807, 2.05) is 0 Å². The van der Waals surface area contributed by atoms with Crippen LogP contribution in [0.5, 0.6) is 5.88 Å². The molecule has 0 amide bonds. The Bertz CT molecular complexity index is 410. The molecule has 1 aromatic heterocycles. The number of nitrogens with zero attached hydrogens (tertiary/aromatic N) is 2. The van der Waals surface area contributed by atoms with E-state index in [0.29, 0.717) is 17.6 Å². The molecule has 1 heterocycles. The lowest BCUT2D eigenvalue weighted by molar-refractivity contribution is 0.0966. The molecule has 3 N–H and O–H groups in total. The Balaban J connectivity index is 2.03. The lowest BCUT2D eigenvalue weighted by Gasteiger charge is -2.31. The van der Waals surface area contributed by atoms with E-state index in [0.717, 1.165) is 18.8 Å². The molecular weight excluding hydrogens is 228 g/mol. The van der Waals surface area contributed by atoms with Crippen LogP contribution in [0.25, 0.3) is 0 Å². The number of aromatic nitrogens is 2. The second-order valence-corrected chi connectivity index (χ2v) is 5.21. The van der Waals surface area contributed by atoms with Gasteiger partial charge in [-0.1, -0.05) is 13.8 Å². The molecule has 2 rings (SSSR count). The number of nitrogens with one attached hydrogen (secondary N) is 1. The van der Waals surface area contributed by atoms with E-state index >= 15 is 0 Å². The average molecular weight is 250 g/mol. The summed E-state index contributed by atoms with van der Waals surface area (Å²) in [6, 6.07) is 1.79. The second kappa shape index (κ2) is 5.42. The Morgan fingerprint density at radius 1 is 1.28 bits per heavy atom. The summed E-state index contributed by atoms with van der Waals surface area (Å²) < 4.78 is 5.93. The van der Waals surface area contributed by atoms with Crippen LogP contribution in [0.3, 0.4) is 0 Å². The van der Waals surface area contributed by atoms with Gasteiger partial charge in [0, 0.05) is 13.1 Å². The van der Waals surface area contributed by atoms with Crippen molar-refractivity contribution in [2.45, 2.75) is 39.2 Å². The Morgan fingerprint density at radius 3 is 2.72 bits per heavy atom. The lowest BCUT2D eigenvalue weighted by atomic mass is 9.80. The van der Waals surface area contributed by atoms with Gasteiger partial charge in [-0.15, -0.1) is 0 Å². The number of hydrogen-bond donors (Lipinski definition) is 2. The monoisotopic (exact) mass is 250 g/mol. The van der Waals surface area contributed by atoms with E-state index in [4.69, 9.17) is 10.5 Å². The molecular formula is C13H22N4O.